The third kappa shape index (κ3) is 5.48. The molecule has 0 amide bonds. The van der Waals surface area contributed by atoms with Gasteiger partial charge in [-0.3, -0.25) is 4.79 Å². The van der Waals surface area contributed by atoms with Crippen LogP contribution >= 0.6 is 0 Å². The normalized spacial score (nSPS) is 9.30. The summed E-state index contributed by atoms with van der Waals surface area (Å²) in [5, 5.41) is 6.93. The molecular formula is C8H13NO. The fourth-order valence-electron chi connectivity index (χ4n) is 0.706. The Morgan fingerprint density at radius 2 is 2.10 bits per heavy atom. The number of hydrogen-bond acceptors (Lipinski definition) is 2. The highest BCUT2D eigenvalue weighted by Crippen LogP contribution is 2.01. The van der Waals surface area contributed by atoms with Crippen molar-refractivity contribution in [1.29, 1.82) is 5.41 Å². The van der Waals surface area contributed by atoms with Crippen molar-refractivity contribution < 1.29 is 4.79 Å². The molecule has 0 saturated carbocycles. The van der Waals surface area contributed by atoms with Crippen molar-refractivity contribution in [2.45, 2.75) is 32.1 Å². The molecule has 0 atom stereocenters. The van der Waals surface area contributed by atoms with Gasteiger partial charge < -0.3 is 5.41 Å². The SMILES string of the molecule is [CH2]CCCCCC(=N)[C]=O. The van der Waals surface area contributed by atoms with Gasteiger partial charge >= 0.3 is 0 Å². The molecule has 10 heavy (non-hydrogen) atoms. The van der Waals surface area contributed by atoms with Crippen LogP contribution in [0.1, 0.15) is 32.1 Å². The minimum absolute atomic E-state index is 0.0871. The van der Waals surface area contributed by atoms with Gasteiger partial charge in [0.15, 0.2) is 0 Å². The fraction of sp³-hybridized carbons (Fsp3) is 0.625. The highest BCUT2D eigenvalue weighted by Gasteiger charge is 1.93. The summed E-state index contributed by atoms with van der Waals surface area (Å²) < 4.78 is 0. The van der Waals surface area contributed by atoms with E-state index in [-0.39, 0.29) is 5.71 Å². The molecule has 0 fully saturated rings. The Morgan fingerprint density at radius 3 is 2.60 bits per heavy atom. The smallest absolute Gasteiger partial charge is 0.248 e. The minimum Gasteiger partial charge on any atom is -0.301 e. The van der Waals surface area contributed by atoms with Gasteiger partial charge in [0.1, 0.15) is 0 Å². The summed E-state index contributed by atoms with van der Waals surface area (Å²) in [6.45, 7) is 3.69. The molecule has 0 rings (SSSR count). The first-order valence-electron chi connectivity index (χ1n) is 3.56. The van der Waals surface area contributed by atoms with Crippen LogP contribution < -0.4 is 0 Å². The lowest BCUT2D eigenvalue weighted by molar-refractivity contribution is 0.565. The lowest BCUT2D eigenvalue weighted by atomic mass is 10.1. The lowest BCUT2D eigenvalue weighted by Gasteiger charge is -1.94. The molecule has 56 valence electrons. The molecule has 0 aliphatic rings. The topological polar surface area (TPSA) is 40.9 Å². The van der Waals surface area contributed by atoms with Gasteiger partial charge in [0.2, 0.25) is 6.29 Å². The number of unbranched alkanes of at least 4 members (excludes halogenated alkanes) is 3. The Labute approximate surface area is 62.1 Å². The predicted molar refractivity (Wildman–Crippen MR) is 41.9 cm³/mol. The number of hydrogen-bond donors (Lipinski definition) is 1. The quantitative estimate of drug-likeness (QED) is 0.443. The molecule has 0 spiro atoms. The Bertz CT molecular complexity index is 110. The van der Waals surface area contributed by atoms with E-state index in [0.29, 0.717) is 6.42 Å². The van der Waals surface area contributed by atoms with Crippen LogP contribution in [0.15, 0.2) is 0 Å². The van der Waals surface area contributed by atoms with E-state index >= 15 is 0 Å². The van der Waals surface area contributed by atoms with E-state index in [9.17, 15) is 4.79 Å². The van der Waals surface area contributed by atoms with Gasteiger partial charge in [-0.2, -0.15) is 0 Å². The molecule has 0 unspecified atom stereocenters. The summed E-state index contributed by atoms with van der Waals surface area (Å²) in [7, 11) is 0. The molecule has 0 saturated heterocycles. The van der Waals surface area contributed by atoms with Crippen LogP contribution in [-0.4, -0.2) is 12.0 Å². The predicted octanol–water partition coefficient (Wildman–Crippen LogP) is 1.90. The zero-order chi connectivity index (χ0) is 7.82. The van der Waals surface area contributed by atoms with E-state index in [4.69, 9.17) is 5.41 Å². The van der Waals surface area contributed by atoms with Crippen LogP contribution in [0.2, 0.25) is 0 Å². The maximum atomic E-state index is 9.81. The van der Waals surface area contributed by atoms with E-state index in [1.807, 2.05) is 0 Å². The second kappa shape index (κ2) is 6.46. The summed E-state index contributed by atoms with van der Waals surface area (Å²) in [5.41, 5.74) is 0.0871. The Balaban J connectivity index is 3.03. The van der Waals surface area contributed by atoms with Crippen LogP contribution in [-0.2, 0) is 4.79 Å². The molecular weight excluding hydrogens is 126 g/mol. The Hall–Kier alpha value is -0.660. The third-order valence-corrected chi connectivity index (χ3v) is 1.30. The zero-order valence-corrected chi connectivity index (χ0v) is 6.15. The van der Waals surface area contributed by atoms with E-state index in [1.54, 1.807) is 6.29 Å². The minimum atomic E-state index is 0.0871. The zero-order valence-electron chi connectivity index (χ0n) is 6.15. The van der Waals surface area contributed by atoms with Gasteiger partial charge in [0.25, 0.3) is 0 Å². The third-order valence-electron chi connectivity index (χ3n) is 1.30. The van der Waals surface area contributed by atoms with Crippen molar-refractivity contribution >= 4 is 12.0 Å². The molecule has 0 aromatic carbocycles. The first kappa shape index (κ1) is 9.34. The summed E-state index contributed by atoms with van der Waals surface area (Å²) in [4.78, 5) is 9.81. The first-order chi connectivity index (χ1) is 4.81. The summed E-state index contributed by atoms with van der Waals surface area (Å²) >= 11 is 0. The monoisotopic (exact) mass is 139 g/mol. The van der Waals surface area contributed by atoms with E-state index in [2.05, 4.69) is 6.92 Å². The molecule has 2 heteroatoms. The maximum absolute atomic E-state index is 9.81. The molecule has 0 heterocycles. The van der Waals surface area contributed by atoms with Crippen LogP contribution in [0.3, 0.4) is 0 Å². The number of carbonyl (C=O) groups excluding carboxylic acids is 1. The molecule has 1 N–H and O–H groups in total. The average molecular weight is 139 g/mol. The highest BCUT2D eigenvalue weighted by atomic mass is 16.1. The van der Waals surface area contributed by atoms with Gasteiger partial charge in [-0.05, 0) is 12.8 Å². The van der Waals surface area contributed by atoms with Crippen LogP contribution in [0, 0.1) is 12.3 Å². The second-order valence-electron chi connectivity index (χ2n) is 2.24. The fourth-order valence-corrected chi connectivity index (χ4v) is 0.706. The van der Waals surface area contributed by atoms with Gasteiger partial charge in [-0.1, -0.05) is 26.2 Å². The van der Waals surface area contributed by atoms with Gasteiger partial charge in [-0.25, -0.2) is 0 Å². The van der Waals surface area contributed by atoms with Crippen LogP contribution in [0.25, 0.3) is 0 Å². The average Bonchev–Trinajstić information content (AvgIpc) is 1.98. The summed E-state index contributed by atoms with van der Waals surface area (Å²) in [5.74, 6) is 0. The molecule has 2 radical (unpaired) electrons. The maximum Gasteiger partial charge on any atom is 0.248 e. The highest BCUT2D eigenvalue weighted by molar-refractivity contribution is 6.26. The van der Waals surface area contributed by atoms with E-state index in [0.717, 1.165) is 25.7 Å². The van der Waals surface area contributed by atoms with E-state index in [1.165, 1.54) is 0 Å². The Morgan fingerprint density at radius 1 is 1.40 bits per heavy atom. The van der Waals surface area contributed by atoms with Crippen molar-refractivity contribution in [3.05, 3.63) is 6.92 Å². The first-order valence-corrected chi connectivity index (χ1v) is 3.56. The van der Waals surface area contributed by atoms with Crippen molar-refractivity contribution in [2.75, 3.05) is 0 Å². The number of rotatable bonds is 6. The Kier molecular flexibility index (Phi) is 6.03. The lowest BCUT2D eigenvalue weighted by Crippen LogP contribution is -1.96. The molecule has 2 nitrogen and oxygen atoms in total. The van der Waals surface area contributed by atoms with Gasteiger partial charge in [0.05, 0.1) is 5.71 Å². The van der Waals surface area contributed by atoms with Crippen LogP contribution in [0.4, 0.5) is 0 Å². The standard InChI is InChI=1S/C8H13NO/c1-2-3-4-5-6-8(9)7-10/h9H,1-6H2. The molecule has 0 aliphatic carbocycles. The molecule has 0 aromatic rings. The van der Waals surface area contributed by atoms with Crippen molar-refractivity contribution in [1.82, 2.24) is 0 Å². The van der Waals surface area contributed by atoms with Crippen molar-refractivity contribution in [2.24, 2.45) is 0 Å². The van der Waals surface area contributed by atoms with Gasteiger partial charge in [-0.15, -0.1) is 0 Å². The largest absolute Gasteiger partial charge is 0.301 e. The molecule has 0 aromatic heterocycles. The second-order valence-corrected chi connectivity index (χ2v) is 2.24. The van der Waals surface area contributed by atoms with Crippen molar-refractivity contribution in [3.8, 4) is 0 Å². The molecule has 0 aliphatic heterocycles. The summed E-state index contributed by atoms with van der Waals surface area (Å²) in [6.07, 6.45) is 6.15. The van der Waals surface area contributed by atoms with Gasteiger partial charge in [0, 0.05) is 0 Å². The number of nitrogens with one attached hydrogen (secondary N) is 1. The van der Waals surface area contributed by atoms with Crippen molar-refractivity contribution in [3.63, 3.8) is 0 Å². The molecule has 0 bridgehead atoms. The summed E-state index contributed by atoms with van der Waals surface area (Å²) in [6, 6.07) is 0. The van der Waals surface area contributed by atoms with E-state index < -0.39 is 0 Å². The van der Waals surface area contributed by atoms with Crippen LogP contribution in [0.5, 0.6) is 0 Å².